The smallest absolute Gasteiger partial charge is 0.129 e. The van der Waals surface area contributed by atoms with Crippen molar-refractivity contribution in [2.45, 2.75) is 31.3 Å². The highest BCUT2D eigenvalue weighted by atomic mass is 35.5. The summed E-state index contributed by atoms with van der Waals surface area (Å²) in [4.78, 5) is 4.36. The average Bonchev–Trinajstić information content (AvgIpc) is 2.58. The van der Waals surface area contributed by atoms with Crippen LogP contribution in [-0.4, -0.2) is 17.1 Å². The molecule has 1 fully saturated rings. The Balaban J connectivity index is 1.94. The van der Waals surface area contributed by atoms with Crippen LogP contribution in [0.5, 0.6) is 0 Å². The molecule has 1 aromatic rings. The van der Waals surface area contributed by atoms with E-state index in [1.807, 2.05) is 18.2 Å². The number of rotatable bonds is 1. The molecule has 1 N–H and O–H groups in total. The van der Waals surface area contributed by atoms with E-state index in [0.717, 1.165) is 12.1 Å². The van der Waals surface area contributed by atoms with Crippen molar-refractivity contribution in [1.82, 2.24) is 10.3 Å². The van der Waals surface area contributed by atoms with Crippen LogP contribution < -0.4 is 5.32 Å². The molecule has 0 spiro atoms. The van der Waals surface area contributed by atoms with Gasteiger partial charge in [0.15, 0.2) is 0 Å². The van der Waals surface area contributed by atoms with E-state index in [4.69, 9.17) is 11.6 Å². The van der Waals surface area contributed by atoms with Crippen LogP contribution in [0.4, 0.5) is 0 Å². The molecule has 2 aliphatic rings. The number of hydrogen-bond acceptors (Lipinski definition) is 2. The van der Waals surface area contributed by atoms with Crippen molar-refractivity contribution < 1.29 is 0 Å². The molecule has 2 atom stereocenters. The third-order valence-electron chi connectivity index (χ3n) is 3.19. The van der Waals surface area contributed by atoms with E-state index < -0.39 is 0 Å². The van der Waals surface area contributed by atoms with Gasteiger partial charge in [0, 0.05) is 12.1 Å². The van der Waals surface area contributed by atoms with Crippen LogP contribution in [0.15, 0.2) is 24.3 Å². The summed E-state index contributed by atoms with van der Waals surface area (Å²) in [6, 6.07) is 7.04. The molecule has 2 aliphatic heterocycles. The van der Waals surface area contributed by atoms with Crippen molar-refractivity contribution in [1.29, 1.82) is 0 Å². The van der Waals surface area contributed by atoms with Gasteiger partial charge in [-0.1, -0.05) is 23.7 Å². The molecular formula is C12H13ClN2. The van der Waals surface area contributed by atoms with Crippen molar-refractivity contribution in [2.24, 2.45) is 0 Å². The second-order valence-electron chi connectivity index (χ2n) is 4.29. The minimum absolute atomic E-state index is 0.555. The van der Waals surface area contributed by atoms with Gasteiger partial charge in [-0.3, -0.25) is 0 Å². The maximum absolute atomic E-state index is 5.90. The minimum atomic E-state index is 0.555. The summed E-state index contributed by atoms with van der Waals surface area (Å²) >= 11 is 5.90. The Morgan fingerprint density at radius 2 is 2.27 bits per heavy atom. The van der Waals surface area contributed by atoms with Gasteiger partial charge < -0.3 is 5.32 Å². The fraction of sp³-hybridized carbons (Fsp3) is 0.417. The molecule has 1 saturated heterocycles. The van der Waals surface area contributed by atoms with E-state index >= 15 is 0 Å². The lowest BCUT2D eigenvalue weighted by Gasteiger charge is -2.20. The van der Waals surface area contributed by atoms with Crippen LogP contribution in [0.1, 0.15) is 25.0 Å². The lowest BCUT2D eigenvalue weighted by molar-refractivity contribution is 0.574. The van der Waals surface area contributed by atoms with Crippen LogP contribution in [0.3, 0.4) is 0 Å². The predicted octanol–water partition coefficient (Wildman–Crippen LogP) is 2.64. The fourth-order valence-corrected chi connectivity index (χ4v) is 2.66. The maximum Gasteiger partial charge on any atom is 0.129 e. The molecule has 3 heterocycles. The second kappa shape index (κ2) is 3.62. The highest BCUT2D eigenvalue weighted by Gasteiger charge is 2.28. The van der Waals surface area contributed by atoms with E-state index in [1.165, 1.54) is 18.4 Å². The van der Waals surface area contributed by atoms with Crippen LogP contribution in [0.2, 0.25) is 5.15 Å². The number of nitrogens with zero attached hydrogens (tertiary/aromatic N) is 1. The van der Waals surface area contributed by atoms with Gasteiger partial charge >= 0.3 is 0 Å². The Morgan fingerprint density at radius 1 is 1.33 bits per heavy atom. The third-order valence-corrected chi connectivity index (χ3v) is 3.40. The Kier molecular flexibility index (Phi) is 2.26. The minimum Gasteiger partial charge on any atom is -0.307 e. The summed E-state index contributed by atoms with van der Waals surface area (Å²) in [7, 11) is 0. The maximum atomic E-state index is 5.90. The Morgan fingerprint density at radius 3 is 3.07 bits per heavy atom. The SMILES string of the molecule is Clc1cccc(C2=C[C@H]3CC[C@@H](C2)N3)n1. The van der Waals surface area contributed by atoms with Gasteiger partial charge in [0.2, 0.25) is 0 Å². The summed E-state index contributed by atoms with van der Waals surface area (Å²) in [6.07, 6.45) is 5.94. The summed E-state index contributed by atoms with van der Waals surface area (Å²) in [6.45, 7) is 0. The summed E-state index contributed by atoms with van der Waals surface area (Å²) in [5.41, 5.74) is 2.39. The first-order chi connectivity index (χ1) is 7.31. The van der Waals surface area contributed by atoms with Crippen molar-refractivity contribution >= 4 is 17.2 Å². The molecule has 0 amide bonds. The number of hydrogen-bond donors (Lipinski definition) is 1. The lowest BCUT2D eigenvalue weighted by atomic mass is 10.0. The van der Waals surface area contributed by atoms with Crippen LogP contribution in [0, 0.1) is 0 Å². The first-order valence-corrected chi connectivity index (χ1v) is 5.79. The van der Waals surface area contributed by atoms with E-state index in [9.17, 15) is 0 Å². The standard InChI is InChI=1S/C12H13ClN2/c13-12-3-1-2-11(15-12)8-6-9-4-5-10(7-8)14-9/h1-3,6,9-10,14H,4-5,7H2/t9-,10+/m1/s1. The molecule has 3 rings (SSSR count). The highest BCUT2D eigenvalue weighted by Crippen LogP contribution is 2.31. The Labute approximate surface area is 94.4 Å². The van der Waals surface area contributed by atoms with Crippen LogP contribution >= 0.6 is 11.6 Å². The van der Waals surface area contributed by atoms with E-state index in [0.29, 0.717) is 17.2 Å². The van der Waals surface area contributed by atoms with Gasteiger partial charge in [0.25, 0.3) is 0 Å². The molecule has 3 heteroatoms. The number of aromatic nitrogens is 1. The molecule has 2 bridgehead atoms. The zero-order valence-corrected chi connectivity index (χ0v) is 9.17. The normalized spacial score (nSPS) is 29.0. The topological polar surface area (TPSA) is 24.9 Å². The fourth-order valence-electron chi connectivity index (χ4n) is 2.50. The number of fused-ring (bicyclic) bond motifs is 2. The van der Waals surface area contributed by atoms with Gasteiger partial charge in [-0.15, -0.1) is 0 Å². The summed E-state index contributed by atoms with van der Waals surface area (Å²) in [5.74, 6) is 0. The van der Waals surface area contributed by atoms with Crippen LogP contribution in [0.25, 0.3) is 5.57 Å². The van der Waals surface area contributed by atoms with Gasteiger partial charge in [-0.2, -0.15) is 0 Å². The summed E-state index contributed by atoms with van der Waals surface area (Å²) < 4.78 is 0. The first kappa shape index (κ1) is 9.37. The third kappa shape index (κ3) is 1.80. The number of halogens is 1. The zero-order chi connectivity index (χ0) is 10.3. The summed E-state index contributed by atoms with van der Waals surface area (Å²) in [5, 5.41) is 4.15. The van der Waals surface area contributed by atoms with Crippen molar-refractivity contribution in [2.75, 3.05) is 0 Å². The quantitative estimate of drug-likeness (QED) is 0.736. The molecule has 0 aromatic carbocycles. The van der Waals surface area contributed by atoms with Crippen molar-refractivity contribution in [3.05, 3.63) is 35.1 Å². The molecule has 0 radical (unpaired) electrons. The largest absolute Gasteiger partial charge is 0.307 e. The van der Waals surface area contributed by atoms with Crippen molar-refractivity contribution in [3.8, 4) is 0 Å². The van der Waals surface area contributed by atoms with Gasteiger partial charge in [0.05, 0.1) is 5.69 Å². The molecule has 2 nitrogen and oxygen atoms in total. The van der Waals surface area contributed by atoms with E-state index in [2.05, 4.69) is 16.4 Å². The monoisotopic (exact) mass is 220 g/mol. The number of nitrogens with one attached hydrogen (secondary N) is 1. The molecule has 0 saturated carbocycles. The highest BCUT2D eigenvalue weighted by molar-refractivity contribution is 6.29. The van der Waals surface area contributed by atoms with Gasteiger partial charge in [-0.05, 0) is 37.0 Å². The average molecular weight is 221 g/mol. The Bertz CT molecular complexity index is 414. The molecular weight excluding hydrogens is 208 g/mol. The molecule has 0 aliphatic carbocycles. The van der Waals surface area contributed by atoms with E-state index in [-0.39, 0.29) is 0 Å². The number of pyridine rings is 1. The van der Waals surface area contributed by atoms with Crippen LogP contribution in [-0.2, 0) is 0 Å². The van der Waals surface area contributed by atoms with Crippen molar-refractivity contribution in [3.63, 3.8) is 0 Å². The molecule has 15 heavy (non-hydrogen) atoms. The first-order valence-electron chi connectivity index (χ1n) is 5.41. The van der Waals surface area contributed by atoms with E-state index in [1.54, 1.807) is 0 Å². The Hall–Kier alpha value is -0.860. The molecule has 1 aromatic heterocycles. The predicted molar refractivity (Wildman–Crippen MR) is 61.8 cm³/mol. The molecule has 0 unspecified atom stereocenters. The zero-order valence-electron chi connectivity index (χ0n) is 8.41. The lowest BCUT2D eigenvalue weighted by Crippen LogP contribution is -2.32. The second-order valence-corrected chi connectivity index (χ2v) is 4.68. The van der Waals surface area contributed by atoms with Gasteiger partial charge in [-0.25, -0.2) is 4.98 Å². The van der Waals surface area contributed by atoms with Gasteiger partial charge in [0.1, 0.15) is 5.15 Å². The molecule has 78 valence electrons.